The lowest BCUT2D eigenvalue weighted by Crippen LogP contribution is -2.16. The molecule has 0 aliphatic heterocycles. The van der Waals surface area contributed by atoms with E-state index in [1.165, 1.54) is 0 Å². The van der Waals surface area contributed by atoms with Crippen molar-refractivity contribution < 1.29 is 4.74 Å². The Morgan fingerprint density at radius 3 is 2.88 bits per heavy atom. The van der Waals surface area contributed by atoms with Crippen LogP contribution < -0.4 is 5.32 Å². The molecule has 0 radical (unpaired) electrons. The molecule has 0 fully saturated rings. The van der Waals surface area contributed by atoms with Gasteiger partial charge < -0.3 is 10.1 Å². The van der Waals surface area contributed by atoms with Crippen LogP contribution >= 0.6 is 0 Å². The number of hydrogen-bond acceptors (Lipinski definition) is 4. The Balaban J connectivity index is 2.53. The highest BCUT2D eigenvalue weighted by molar-refractivity contribution is 5.10. The monoisotopic (exact) mass is 237 g/mol. The van der Waals surface area contributed by atoms with Crippen LogP contribution in [0.1, 0.15) is 37.0 Å². The lowest BCUT2D eigenvalue weighted by atomic mass is 10.2. The van der Waals surface area contributed by atoms with Gasteiger partial charge in [0.1, 0.15) is 5.82 Å². The minimum atomic E-state index is 0.765. The van der Waals surface area contributed by atoms with Crippen LogP contribution in [0.15, 0.2) is 6.07 Å². The van der Waals surface area contributed by atoms with Crippen LogP contribution in [0.2, 0.25) is 0 Å². The van der Waals surface area contributed by atoms with E-state index >= 15 is 0 Å². The highest BCUT2D eigenvalue weighted by Gasteiger charge is 2.02. The summed E-state index contributed by atoms with van der Waals surface area (Å²) in [5.41, 5.74) is 2.12. The number of nitrogens with one attached hydrogen (secondary N) is 1. The summed E-state index contributed by atoms with van der Waals surface area (Å²) in [5.74, 6) is 0.926. The molecule has 1 rings (SSSR count). The zero-order valence-electron chi connectivity index (χ0n) is 11.1. The first-order valence-electron chi connectivity index (χ1n) is 6.29. The molecule has 0 amide bonds. The highest BCUT2D eigenvalue weighted by atomic mass is 16.5. The van der Waals surface area contributed by atoms with E-state index in [9.17, 15) is 0 Å². The maximum absolute atomic E-state index is 5.04. The third kappa shape index (κ3) is 5.75. The van der Waals surface area contributed by atoms with Crippen molar-refractivity contribution in [3.63, 3.8) is 0 Å². The molecule has 17 heavy (non-hydrogen) atoms. The van der Waals surface area contributed by atoms with E-state index in [4.69, 9.17) is 4.74 Å². The Morgan fingerprint density at radius 1 is 1.35 bits per heavy atom. The normalized spacial score (nSPS) is 10.8. The van der Waals surface area contributed by atoms with Crippen molar-refractivity contribution in [3.8, 4) is 0 Å². The lowest BCUT2D eigenvalue weighted by Gasteiger charge is -2.06. The molecular weight excluding hydrogens is 214 g/mol. The molecule has 0 aliphatic rings. The van der Waals surface area contributed by atoms with Gasteiger partial charge >= 0.3 is 0 Å². The fraction of sp³-hybridized carbons (Fsp3) is 0.692. The van der Waals surface area contributed by atoms with Crippen molar-refractivity contribution in [2.45, 2.75) is 39.7 Å². The summed E-state index contributed by atoms with van der Waals surface area (Å²) in [5, 5.41) is 3.36. The van der Waals surface area contributed by atoms with E-state index in [0.29, 0.717) is 0 Å². The minimum absolute atomic E-state index is 0.765. The Morgan fingerprint density at radius 2 is 2.18 bits per heavy atom. The molecule has 0 spiro atoms. The van der Waals surface area contributed by atoms with Gasteiger partial charge in [-0.05, 0) is 32.4 Å². The van der Waals surface area contributed by atoms with Crippen molar-refractivity contribution in [2.75, 3.05) is 20.3 Å². The largest absolute Gasteiger partial charge is 0.385 e. The predicted molar refractivity (Wildman–Crippen MR) is 69.0 cm³/mol. The molecule has 4 nitrogen and oxygen atoms in total. The number of aromatic nitrogens is 2. The first kappa shape index (κ1) is 14.1. The van der Waals surface area contributed by atoms with E-state index in [2.05, 4.69) is 22.2 Å². The van der Waals surface area contributed by atoms with Crippen LogP contribution in [0.5, 0.6) is 0 Å². The molecule has 0 atom stereocenters. The Labute approximate surface area is 104 Å². The minimum Gasteiger partial charge on any atom is -0.385 e. The first-order chi connectivity index (χ1) is 8.26. The van der Waals surface area contributed by atoms with Crippen molar-refractivity contribution in [3.05, 3.63) is 23.3 Å². The van der Waals surface area contributed by atoms with Gasteiger partial charge in [-0.25, -0.2) is 9.97 Å². The summed E-state index contributed by atoms with van der Waals surface area (Å²) in [4.78, 5) is 8.99. The lowest BCUT2D eigenvalue weighted by molar-refractivity contribution is 0.194. The third-order valence-corrected chi connectivity index (χ3v) is 2.44. The fourth-order valence-electron chi connectivity index (χ4n) is 1.67. The first-order valence-corrected chi connectivity index (χ1v) is 6.29. The van der Waals surface area contributed by atoms with E-state index in [1.807, 2.05) is 13.0 Å². The van der Waals surface area contributed by atoms with Gasteiger partial charge in [0, 0.05) is 32.4 Å². The van der Waals surface area contributed by atoms with Crippen LogP contribution in [0.25, 0.3) is 0 Å². The zero-order chi connectivity index (χ0) is 12.5. The summed E-state index contributed by atoms with van der Waals surface area (Å²) in [6.07, 6.45) is 3.00. The second-order valence-electron chi connectivity index (χ2n) is 4.19. The summed E-state index contributed by atoms with van der Waals surface area (Å²) in [6.45, 7) is 6.80. The topological polar surface area (TPSA) is 47.0 Å². The molecule has 0 unspecified atom stereocenters. The van der Waals surface area contributed by atoms with E-state index < -0.39 is 0 Å². The number of aryl methyl sites for hydroxylation is 2. The molecule has 1 heterocycles. The molecule has 0 aromatic carbocycles. The number of methoxy groups -OCH3 is 1. The summed E-state index contributed by atoms with van der Waals surface area (Å²) in [6, 6.07) is 2.04. The maximum Gasteiger partial charge on any atom is 0.128 e. The van der Waals surface area contributed by atoms with E-state index in [1.54, 1.807) is 7.11 Å². The second kappa shape index (κ2) is 8.14. The SMILES string of the molecule is CCCNCc1cc(C)nc(CCCOC)n1. The molecule has 0 saturated carbocycles. The van der Waals surface area contributed by atoms with Gasteiger partial charge in [-0.15, -0.1) is 0 Å². The Kier molecular flexibility index (Phi) is 6.74. The third-order valence-electron chi connectivity index (χ3n) is 2.44. The molecule has 1 aromatic heterocycles. The van der Waals surface area contributed by atoms with Gasteiger partial charge in [0.2, 0.25) is 0 Å². The summed E-state index contributed by atoms with van der Waals surface area (Å²) in [7, 11) is 1.72. The van der Waals surface area contributed by atoms with Crippen molar-refractivity contribution >= 4 is 0 Å². The standard InChI is InChI=1S/C13H23N3O/c1-4-7-14-10-12-9-11(2)15-13(16-12)6-5-8-17-3/h9,14H,4-8,10H2,1-3H3. The molecule has 4 heteroatoms. The predicted octanol–water partition coefficient (Wildman–Crippen LogP) is 1.86. The van der Waals surface area contributed by atoms with Crippen LogP contribution in [-0.2, 0) is 17.7 Å². The highest BCUT2D eigenvalue weighted by Crippen LogP contribution is 2.03. The van der Waals surface area contributed by atoms with Crippen LogP contribution in [-0.4, -0.2) is 30.2 Å². The van der Waals surface area contributed by atoms with Gasteiger partial charge in [0.15, 0.2) is 0 Å². The van der Waals surface area contributed by atoms with Gasteiger partial charge in [0.05, 0.1) is 5.69 Å². The quantitative estimate of drug-likeness (QED) is 0.701. The molecule has 1 aromatic rings. The number of nitrogens with zero attached hydrogens (tertiary/aromatic N) is 2. The fourth-order valence-corrected chi connectivity index (χ4v) is 1.67. The second-order valence-corrected chi connectivity index (χ2v) is 4.19. The van der Waals surface area contributed by atoms with Gasteiger partial charge in [0.25, 0.3) is 0 Å². The van der Waals surface area contributed by atoms with E-state index in [0.717, 1.165) is 56.2 Å². The number of ether oxygens (including phenoxy) is 1. The van der Waals surface area contributed by atoms with Crippen molar-refractivity contribution in [1.82, 2.24) is 15.3 Å². The molecular formula is C13H23N3O. The number of hydrogen-bond donors (Lipinski definition) is 1. The van der Waals surface area contributed by atoms with Gasteiger partial charge in [-0.3, -0.25) is 0 Å². The Bertz CT molecular complexity index is 300. The van der Waals surface area contributed by atoms with Crippen molar-refractivity contribution in [1.29, 1.82) is 0 Å². The Hall–Kier alpha value is -1.00. The number of rotatable bonds is 8. The van der Waals surface area contributed by atoms with Crippen LogP contribution in [0, 0.1) is 6.92 Å². The molecule has 1 N–H and O–H groups in total. The zero-order valence-corrected chi connectivity index (χ0v) is 11.1. The maximum atomic E-state index is 5.04. The van der Waals surface area contributed by atoms with Gasteiger partial charge in [-0.2, -0.15) is 0 Å². The summed E-state index contributed by atoms with van der Waals surface area (Å²) >= 11 is 0. The molecule has 96 valence electrons. The van der Waals surface area contributed by atoms with Gasteiger partial charge in [-0.1, -0.05) is 6.92 Å². The van der Waals surface area contributed by atoms with E-state index in [-0.39, 0.29) is 0 Å². The van der Waals surface area contributed by atoms with Crippen LogP contribution in [0.4, 0.5) is 0 Å². The molecule has 0 bridgehead atoms. The average Bonchev–Trinajstić information content (AvgIpc) is 2.29. The van der Waals surface area contributed by atoms with Crippen molar-refractivity contribution in [2.24, 2.45) is 0 Å². The smallest absolute Gasteiger partial charge is 0.128 e. The molecule has 0 aliphatic carbocycles. The molecule has 0 saturated heterocycles. The average molecular weight is 237 g/mol. The van der Waals surface area contributed by atoms with Crippen LogP contribution in [0.3, 0.4) is 0 Å². The summed E-state index contributed by atoms with van der Waals surface area (Å²) < 4.78 is 5.04.